The minimum Gasteiger partial charge on any atom is -0.310 e. The number of rotatable bonds is 4. The van der Waals surface area contributed by atoms with Crippen molar-refractivity contribution in [2.45, 2.75) is 51.5 Å². The first-order valence-corrected chi connectivity index (χ1v) is 8.20. The fourth-order valence-corrected chi connectivity index (χ4v) is 3.53. The highest BCUT2D eigenvalue weighted by Gasteiger charge is 2.25. The van der Waals surface area contributed by atoms with E-state index in [1.54, 1.807) is 12.1 Å². The van der Waals surface area contributed by atoms with E-state index in [1.807, 2.05) is 6.07 Å². The van der Waals surface area contributed by atoms with E-state index in [4.69, 9.17) is 0 Å². The van der Waals surface area contributed by atoms with Crippen molar-refractivity contribution >= 4 is 15.9 Å². The van der Waals surface area contributed by atoms with Crippen LogP contribution in [0.1, 0.15) is 57.1 Å². The lowest BCUT2D eigenvalue weighted by Gasteiger charge is -2.28. The van der Waals surface area contributed by atoms with E-state index < -0.39 is 0 Å². The second kappa shape index (κ2) is 7.39. The van der Waals surface area contributed by atoms with Crippen molar-refractivity contribution in [3.63, 3.8) is 0 Å². The zero-order valence-electron chi connectivity index (χ0n) is 11.6. The van der Waals surface area contributed by atoms with Crippen LogP contribution in [0, 0.1) is 11.7 Å². The van der Waals surface area contributed by atoms with Gasteiger partial charge in [-0.25, -0.2) is 4.39 Å². The average molecular weight is 328 g/mol. The molecule has 1 N–H and O–H groups in total. The minimum atomic E-state index is -0.0848. The lowest BCUT2D eigenvalue weighted by Crippen LogP contribution is -2.29. The maximum Gasteiger partial charge on any atom is 0.128 e. The lowest BCUT2D eigenvalue weighted by molar-refractivity contribution is 0.322. The standard InChI is InChI=1S/C16H23BrFN/c1-2-19-16(12-7-5-3-4-6-8-12)14-11-13(17)9-10-15(14)18/h9-12,16,19H,2-8H2,1H3. The molecule has 1 nitrogen and oxygen atoms in total. The maximum atomic E-state index is 14.1. The van der Waals surface area contributed by atoms with Crippen molar-refractivity contribution in [1.82, 2.24) is 5.32 Å². The molecule has 1 unspecified atom stereocenters. The molecule has 0 spiro atoms. The summed E-state index contributed by atoms with van der Waals surface area (Å²) in [6, 6.07) is 5.43. The van der Waals surface area contributed by atoms with Crippen LogP contribution in [-0.4, -0.2) is 6.54 Å². The fourth-order valence-electron chi connectivity index (χ4n) is 3.15. The molecule has 0 bridgehead atoms. The third-order valence-electron chi connectivity index (χ3n) is 4.09. The highest BCUT2D eigenvalue weighted by Crippen LogP contribution is 2.35. The van der Waals surface area contributed by atoms with E-state index in [0.29, 0.717) is 5.92 Å². The van der Waals surface area contributed by atoms with Crippen molar-refractivity contribution in [3.8, 4) is 0 Å². The third kappa shape index (κ3) is 4.03. The van der Waals surface area contributed by atoms with Crippen LogP contribution in [0.25, 0.3) is 0 Å². The number of halogens is 2. The molecule has 106 valence electrons. The molecule has 19 heavy (non-hydrogen) atoms. The van der Waals surface area contributed by atoms with Crippen LogP contribution in [0.3, 0.4) is 0 Å². The molecule has 1 fully saturated rings. The van der Waals surface area contributed by atoms with Gasteiger partial charge in [-0.15, -0.1) is 0 Å². The first-order chi connectivity index (χ1) is 9.22. The summed E-state index contributed by atoms with van der Waals surface area (Å²) in [5, 5.41) is 3.50. The molecule has 1 aliphatic rings. The van der Waals surface area contributed by atoms with Crippen molar-refractivity contribution in [2.24, 2.45) is 5.92 Å². The predicted molar refractivity (Wildman–Crippen MR) is 81.7 cm³/mol. The molecular formula is C16H23BrFN. The Balaban J connectivity index is 2.24. The molecule has 0 heterocycles. The van der Waals surface area contributed by atoms with Gasteiger partial charge in [0.25, 0.3) is 0 Å². The molecule has 1 atom stereocenters. The summed E-state index contributed by atoms with van der Waals surface area (Å²) in [5.41, 5.74) is 0.822. The van der Waals surface area contributed by atoms with Crippen LogP contribution in [0.4, 0.5) is 4.39 Å². The number of benzene rings is 1. The number of nitrogens with one attached hydrogen (secondary N) is 1. The first kappa shape index (κ1) is 15.0. The van der Waals surface area contributed by atoms with Gasteiger partial charge in [-0.2, -0.15) is 0 Å². The summed E-state index contributed by atoms with van der Waals surface area (Å²) in [6.07, 6.45) is 7.64. The average Bonchev–Trinajstić information content (AvgIpc) is 2.68. The van der Waals surface area contributed by atoms with Crippen molar-refractivity contribution in [1.29, 1.82) is 0 Å². The largest absolute Gasteiger partial charge is 0.310 e. The molecule has 2 rings (SSSR count). The lowest BCUT2D eigenvalue weighted by atomic mass is 9.87. The van der Waals surface area contributed by atoms with Crippen LogP contribution in [-0.2, 0) is 0 Å². The van der Waals surface area contributed by atoms with E-state index in [1.165, 1.54) is 38.5 Å². The SMILES string of the molecule is CCNC(c1cc(Br)ccc1F)C1CCCCCC1. The van der Waals surface area contributed by atoms with E-state index in [0.717, 1.165) is 16.6 Å². The molecule has 0 amide bonds. The van der Waals surface area contributed by atoms with Crippen molar-refractivity contribution in [3.05, 3.63) is 34.1 Å². The van der Waals surface area contributed by atoms with Crippen molar-refractivity contribution in [2.75, 3.05) is 6.54 Å². The van der Waals surface area contributed by atoms with Crippen LogP contribution >= 0.6 is 15.9 Å². The summed E-state index contributed by atoms with van der Waals surface area (Å²) in [7, 11) is 0. The van der Waals surface area contributed by atoms with Gasteiger partial charge in [0.15, 0.2) is 0 Å². The number of hydrogen-bond acceptors (Lipinski definition) is 1. The quantitative estimate of drug-likeness (QED) is 0.748. The van der Waals surface area contributed by atoms with Crippen LogP contribution in [0.2, 0.25) is 0 Å². The Bertz CT molecular complexity index is 400. The molecule has 0 aromatic heterocycles. The normalized spacial score (nSPS) is 19.1. The van der Waals surface area contributed by atoms with Gasteiger partial charge in [0, 0.05) is 16.1 Å². The zero-order valence-corrected chi connectivity index (χ0v) is 13.2. The van der Waals surface area contributed by atoms with Gasteiger partial charge >= 0.3 is 0 Å². The summed E-state index contributed by atoms with van der Waals surface area (Å²) in [4.78, 5) is 0. The Morgan fingerprint density at radius 1 is 1.26 bits per heavy atom. The van der Waals surface area contributed by atoms with E-state index in [2.05, 4.69) is 28.2 Å². The van der Waals surface area contributed by atoms with Crippen LogP contribution < -0.4 is 5.32 Å². The molecule has 1 aromatic carbocycles. The Labute approximate surface area is 124 Å². The Morgan fingerprint density at radius 2 is 1.95 bits per heavy atom. The van der Waals surface area contributed by atoms with Gasteiger partial charge in [0.05, 0.1) is 0 Å². The number of hydrogen-bond donors (Lipinski definition) is 1. The maximum absolute atomic E-state index is 14.1. The van der Waals surface area contributed by atoms with Gasteiger partial charge in [-0.05, 0) is 43.5 Å². The highest BCUT2D eigenvalue weighted by atomic mass is 79.9. The van der Waals surface area contributed by atoms with E-state index >= 15 is 0 Å². The van der Waals surface area contributed by atoms with E-state index in [9.17, 15) is 4.39 Å². The summed E-state index contributed by atoms with van der Waals surface area (Å²) < 4.78 is 15.1. The van der Waals surface area contributed by atoms with Crippen molar-refractivity contribution < 1.29 is 4.39 Å². The van der Waals surface area contributed by atoms with Gasteiger partial charge in [-0.3, -0.25) is 0 Å². The molecule has 1 aromatic rings. The molecule has 0 radical (unpaired) electrons. The van der Waals surface area contributed by atoms with Gasteiger partial charge in [-0.1, -0.05) is 48.5 Å². The second-order valence-corrected chi connectivity index (χ2v) is 6.37. The summed E-state index contributed by atoms with van der Waals surface area (Å²) in [6.45, 7) is 2.98. The van der Waals surface area contributed by atoms with Gasteiger partial charge in [0.2, 0.25) is 0 Å². The zero-order chi connectivity index (χ0) is 13.7. The second-order valence-electron chi connectivity index (χ2n) is 5.45. The third-order valence-corrected chi connectivity index (χ3v) is 4.58. The molecular weight excluding hydrogens is 305 g/mol. The van der Waals surface area contributed by atoms with Crippen LogP contribution in [0.5, 0.6) is 0 Å². The predicted octanol–water partition coefficient (Wildman–Crippen LogP) is 5.21. The highest BCUT2D eigenvalue weighted by molar-refractivity contribution is 9.10. The monoisotopic (exact) mass is 327 g/mol. The summed E-state index contributed by atoms with van der Waals surface area (Å²) in [5.74, 6) is 0.477. The fraction of sp³-hybridized carbons (Fsp3) is 0.625. The van der Waals surface area contributed by atoms with Crippen LogP contribution in [0.15, 0.2) is 22.7 Å². The van der Waals surface area contributed by atoms with Gasteiger partial charge in [0.1, 0.15) is 5.82 Å². The Hall–Kier alpha value is -0.410. The smallest absolute Gasteiger partial charge is 0.128 e. The molecule has 0 aliphatic heterocycles. The molecule has 3 heteroatoms. The topological polar surface area (TPSA) is 12.0 Å². The van der Waals surface area contributed by atoms with E-state index in [-0.39, 0.29) is 11.9 Å². The molecule has 1 saturated carbocycles. The Morgan fingerprint density at radius 3 is 2.58 bits per heavy atom. The first-order valence-electron chi connectivity index (χ1n) is 7.40. The Kier molecular flexibility index (Phi) is 5.83. The summed E-state index contributed by atoms with van der Waals surface area (Å²) >= 11 is 3.46. The molecule has 1 aliphatic carbocycles. The molecule has 0 saturated heterocycles. The minimum absolute atomic E-state index is 0.0848. The van der Waals surface area contributed by atoms with Gasteiger partial charge < -0.3 is 5.32 Å².